The number of thiophene rings is 1. The van der Waals surface area contributed by atoms with Crippen LogP contribution in [0.15, 0.2) is 29.6 Å². The van der Waals surface area contributed by atoms with Crippen molar-refractivity contribution < 1.29 is 4.79 Å². The van der Waals surface area contributed by atoms with Crippen molar-refractivity contribution in [2.75, 3.05) is 0 Å². The molecule has 1 aliphatic carbocycles. The van der Waals surface area contributed by atoms with Crippen LogP contribution in [0.1, 0.15) is 38.2 Å². The summed E-state index contributed by atoms with van der Waals surface area (Å²) in [4.78, 5) is 12.4. The van der Waals surface area contributed by atoms with Crippen LogP contribution in [0.3, 0.4) is 0 Å². The first-order valence-corrected chi connectivity index (χ1v) is 8.10. The molecule has 0 amide bonds. The lowest BCUT2D eigenvalue weighted by Gasteiger charge is -2.24. The van der Waals surface area contributed by atoms with Gasteiger partial charge in [-0.25, -0.2) is 0 Å². The maximum absolute atomic E-state index is 12.4. The molecule has 100 valence electrons. The molecule has 1 saturated carbocycles. The minimum absolute atomic E-state index is 0.315. The normalized spacial score (nSPS) is 23.6. The molecule has 19 heavy (non-hydrogen) atoms. The molecule has 1 aliphatic rings. The minimum atomic E-state index is 0.315. The van der Waals surface area contributed by atoms with E-state index in [4.69, 9.17) is 0 Å². The Morgan fingerprint density at radius 2 is 1.95 bits per heavy atom. The van der Waals surface area contributed by atoms with Crippen LogP contribution in [0, 0.1) is 11.8 Å². The van der Waals surface area contributed by atoms with E-state index in [9.17, 15) is 4.79 Å². The highest BCUT2D eigenvalue weighted by atomic mass is 32.1. The van der Waals surface area contributed by atoms with Gasteiger partial charge in [-0.1, -0.05) is 38.0 Å². The molecule has 3 rings (SSSR count). The predicted octanol–water partition coefficient (Wildman–Crippen LogP) is 4.84. The lowest BCUT2D eigenvalue weighted by molar-refractivity contribution is -0.123. The van der Waals surface area contributed by atoms with Gasteiger partial charge in [0.25, 0.3) is 0 Å². The first-order valence-electron chi connectivity index (χ1n) is 7.22. The van der Waals surface area contributed by atoms with Gasteiger partial charge in [-0.3, -0.25) is 4.79 Å². The molecule has 2 aromatic rings. The van der Waals surface area contributed by atoms with E-state index < -0.39 is 0 Å². The van der Waals surface area contributed by atoms with E-state index in [0.717, 1.165) is 18.8 Å². The van der Waals surface area contributed by atoms with E-state index >= 15 is 0 Å². The van der Waals surface area contributed by atoms with Crippen molar-refractivity contribution in [1.29, 1.82) is 0 Å². The van der Waals surface area contributed by atoms with Crippen molar-refractivity contribution in [3.8, 4) is 0 Å². The molecule has 1 heterocycles. The van der Waals surface area contributed by atoms with Crippen LogP contribution in [0.2, 0.25) is 0 Å². The van der Waals surface area contributed by atoms with Gasteiger partial charge in [-0.15, -0.1) is 11.3 Å². The molecule has 0 unspecified atom stereocenters. The molecule has 1 aromatic heterocycles. The number of hydrogen-bond acceptors (Lipinski definition) is 2. The highest BCUT2D eigenvalue weighted by Crippen LogP contribution is 2.31. The zero-order valence-electron chi connectivity index (χ0n) is 11.4. The first kappa shape index (κ1) is 12.9. The molecule has 0 radical (unpaired) electrons. The average Bonchev–Trinajstić information content (AvgIpc) is 2.83. The number of hydrogen-bond donors (Lipinski definition) is 0. The zero-order chi connectivity index (χ0) is 13.2. The van der Waals surface area contributed by atoms with Crippen LogP contribution in [0.4, 0.5) is 0 Å². The molecule has 1 fully saturated rings. The van der Waals surface area contributed by atoms with Gasteiger partial charge in [0.2, 0.25) is 0 Å². The number of ketones is 1. The standard InChI is InChI=1S/C17H20OS/c1-12-6-8-13(9-7-12)16(18)10-14-11-19-17-5-3-2-4-15(14)17/h2-5,11-13H,6-10H2,1H3. The highest BCUT2D eigenvalue weighted by molar-refractivity contribution is 7.17. The molecule has 0 aliphatic heterocycles. The summed E-state index contributed by atoms with van der Waals surface area (Å²) < 4.78 is 1.29. The van der Waals surface area contributed by atoms with Crippen LogP contribution >= 0.6 is 11.3 Å². The fourth-order valence-electron chi connectivity index (χ4n) is 3.08. The summed E-state index contributed by atoms with van der Waals surface area (Å²) >= 11 is 1.75. The monoisotopic (exact) mass is 272 g/mol. The van der Waals surface area contributed by atoms with E-state index in [1.54, 1.807) is 11.3 Å². The number of carbonyl (C=O) groups is 1. The summed E-state index contributed by atoms with van der Waals surface area (Å²) in [5, 5.41) is 3.43. The average molecular weight is 272 g/mol. The second kappa shape index (κ2) is 5.46. The maximum atomic E-state index is 12.4. The SMILES string of the molecule is CC1CCC(C(=O)Cc2csc3ccccc23)CC1. The van der Waals surface area contributed by atoms with Crippen LogP contribution in [0.25, 0.3) is 10.1 Å². The molecular formula is C17H20OS. The Balaban J connectivity index is 1.72. The Kier molecular flexibility index (Phi) is 3.69. The molecule has 0 saturated heterocycles. The van der Waals surface area contributed by atoms with Crippen LogP contribution < -0.4 is 0 Å². The van der Waals surface area contributed by atoms with Crippen LogP contribution in [-0.4, -0.2) is 5.78 Å². The summed E-state index contributed by atoms with van der Waals surface area (Å²) in [6.07, 6.45) is 5.27. The number of fused-ring (bicyclic) bond motifs is 1. The Labute approximate surface area is 118 Å². The maximum Gasteiger partial charge on any atom is 0.140 e. The molecule has 0 atom stereocenters. The molecule has 0 bridgehead atoms. The quantitative estimate of drug-likeness (QED) is 0.781. The molecule has 0 N–H and O–H groups in total. The largest absolute Gasteiger partial charge is 0.299 e. The second-order valence-corrected chi connectivity index (χ2v) is 6.77. The van der Waals surface area contributed by atoms with Crippen LogP contribution in [0.5, 0.6) is 0 Å². The van der Waals surface area contributed by atoms with E-state index in [2.05, 4.69) is 36.6 Å². The van der Waals surface area contributed by atoms with Crippen molar-refractivity contribution >= 4 is 27.2 Å². The number of rotatable bonds is 3. The van der Waals surface area contributed by atoms with Crippen molar-refractivity contribution in [3.05, 3.63) is 35.2 Å². The van der Waals surface area contributed by atoms with Gasteiger partial charge in [-0.05, 0) is 41.2 Å². The fourth-order valence-corrected chi connectivity index (χ4v) is 4.05. The summed E-state index contributed by atoms with van der Waals surface area (Å²) in [7, 11) is 0. The summed E-state index contributed by atoms with van der Waals surface area (Å²) in [6, 6.07) is 8.39. The second-order valence-electron chi connectivity index (χ2n) is 5.86. The molecule has 1 aromatic carbocycles. The van der Waals surface area contributed by atoms with Crippen molar-refractivity contribution in [2.24, 2.45) is 11.8 Å². The predicted molar refractivity (Wildman–Crippen MR) is 81.7 cm³/mol. The molecule has 0 spiro atoms. The molecule has 2 heteroatoms. The van der Waals surface area contributed by atoms with Crippen LogP contribution in [-0.2, 0) is 11.2 Å². The van der Waals surface area contributed by atoms with Gasteiger partial charge in [0, 0.05) is 17.0 Å². The summed E-state index contributed by atoms with van der Waals surface area (Å²) in [5.74, 6) is 1.58. The third kappa shape index (κ3) is 2.74. The number of Topliss-reactive ketones (excluding diaryl/α,β-unsaturated/α-hetero) is 1. The lowest BCUT2D eigenvalue weighted by atomic mass is 9.80. The van der Waals surface area contributed by atoms with Gasteiger partial charge in [0.1, 0.15) is 5.78 Å². The molecular weight excluding hydrogens is 252 g/mol. The summed E-state index contributed by atoms with van der Waals surface area (Å²) in [5.41, 5.74) is 1.23. The minimum Gasteiger partial charge on any atom is -0.299 e. The van der Waals surface area contributed by atoms with Gasteiger partial charge in [-0.2, -0.15) is 0 Å². The summed E-state index contributed by atoms with van der Waals surface area (Å²) in [6.45, 7) is 2.30. The lowest BCUT2D eigenvalue weighted by Crippen LogP contribution is -2.22. The Morgan fingerprint density at radius 3 is 2.74 bits per heavy atom. The first-order chi connectivity index (χ1) is 9.24. The molecule has 1 nitrogen and oxygen atoms in total. The van der Waals surface area contributed by atoms with Gasteiger partial charge < -0.3 is 0 Å². The number of benzene rings is 1. The third-order valence-corrected chi connectivity index (χ3v) is 5.41. The van der Waals surface area contributed by atoms with E-state index in [-0.39, 0.29) is 0 Å². The zero-order valence-corrected chi connectivity index (χ0v) is 12.2. The van der Waals surface area contributed by atoms with Crippen molar-refractivity contribution in [3.63, 3.8) is 0 Å². The smallest absolute Gasteiger partial charge is 0.140 e. The Hall–Kier alpha value is -1.15. The van der Waals surface area contributed by atoms with E-state index in [1.807, 2.05) is 0 Å². The van der Waals surface area contributed by atoms with E-state index in [1.165, 1.54) is 28.5 Å². The van der Waals surface area contributed by atoms with Gasteiger partial charge in [0.15, 0.2) is 0 Å². The van der Waals surface area contributed by atoms with Gasteiger partial charge >= 0.3 is 0 Å². The number of carbonyl (C=O) groups excluding carboxylic acids is 1. The topological polar surface area (TPSA) is 17.1 Å². The Bertz CT molecular complexity index is 576. The fraction of sp³-hybridized carbons (Fsp3) is 0.471. The van der Waals surface area contributed by atoms with E-state index in [0.29, 0.717) is 18.1 Å². The van der Waals surface area contributed by atoms with Crippen molar-refractivity contribution in [2.45, 2.75) is 39.0 Å². The Morgan fingerprint density at radius 1 is 1.21 bits per heavy atom. The highest BCUT2D eigenvalue weighted by Gasteiger charge is 2.24. The third-order valence-electron chi connectivity index (χ3n) is 4.40. The van der Waals surface area contributed by atoms with Gasteiger partial charge in [0.05, 0.1) is 0 Å². The van der Waals surface area contributed by atoms with Crippen molar-refractivity contribution in [1.82, 2.24) is 0 Å².